The van der Waals surface area contributed by atoms with E-state index in [1.165, 1.54) is 12.1 Å². The number of carbonyl (C=O) groups is 1. The zero-order valence-electron chi connectivity index (χ0n) is 19.6. The molecule has 2 aromatic heterocycles. The fraction of sp³-hybridized carbons (Fsp3) is 0.400. The van der Waals surface area contributed by atoms with E-state index in [4.69, 9.17) is 4.74 Å². The number of hydrogen-bond acceptors (Lipinski definition) is 6. The summed E-state index contributed by atoms with van der Waals surface area (Å²) in [6.07, 6.45) is -1.69. The van der Waals surface area contributed by atoms with Crippen LogP contribution in [0.5, 0.6) is 0 Å². The Bertz CT molecular complexity index is 1210. The SMILES string of the molecule is CC(C)(C)OC(=O)N1C[C@@H](CO)[C@H](Nc2ncc(-c3ccc(C(F)(F)F)cc3)c3ncccc23)C1. The van der Waals surface area contributed by atoms with Crippen LogP contribution in [-0.4, -0.2) is 57.4 Å². The van der Waals surface area contributed by atoms with E-state index in [-0.39, 0.29) is 18.6 Å². The molecule has 3 heterocycles. The molecule has 10 heteroatoms. The number of ether oxygens (including phenoxy) is 1. The van der Waals surface area contributed by atoms with Crippen molar-refractivity contribution in [2.24, 2.45) is 5.92 Å². The van der Waals surface area contributed by atoms with Crippen molar-refractivity contribution < 1.29 is 27.8 Å². The van der Waals surface area contributed by atoms with Gasteiger partial charge in [-0.1, -0.05) is 12.1 Å². The molecule has 1 fully saturated rings. The highest BCUT2D eigenvalue weighted by Gasteiger charge is 2.37. The van der Waals surface area contributed by atoms with Crippen LogP contribution >= 0.6 is 0 Å². The summed E-state index contributed by atoms with van der Waals surface area (Å²) >= 11 is 0. The predicted octanol–water partition coefficient (Wildman–Crippen LogP) is 4.96. The molecule has 0 spiro atoms. The van der Waals surface area contributed by atoms with Crippen molar-refractivity contribution in [1.29, 1.82) is 0 Å². The maximum Gasteiger partial charge on any atom is 0.416 e. The van der Waals surface area contributed by atoms with Crippen molar-refractivity contribution in [3.63, 3.8) is 0 Å². The van der Waals surface area contributed by atoms with Crippen LogP contribution in [0.3, 0.4) is 0 Å². The highest BCUT2D eigenvalue weighted by Crippen LogP contribution is 2.34. The van der Waals surface area contributed by atoms with Gasteiger partial charge in [0.2, 0.25) is 0 Å². The summed E-state index contributed by atoms with van der Waals surface area (Å²) in [5, 5.41) is 13.9. The largest absolute Gasteiger partial charge is 0.444 e. The summed E-state index contributed by atoms with van der Waals surface area (Å²) in [7, 11) is 0. The number of aliphatic hydroxyl groups is 1. The van der Waals surface area contributed by atoms with Gasteiger partial charge >= 0.3 is 12.3 Å². The summed E-state index contributed by atoms with van der Waals surface area (Å²) in [6.45, 7) is 5.91. The molecule has 2 atom stereocenters. The smallest absolute Gasteiger partial charge is 0.416 e. The number of anilines is 1. The third-order valence-electron chi connectivity index (χ3n) is 5.81. The van der Waals surface area contributed by atoms with Crippen LogP contribution in [0.4, 0.5) is 23.8 Å². The average Bonchev–Trinajstić information content (AvgIpc) is 3.21. The van der Waals surface area contributed by atoms with Crippen LogP contribution in [-0.2, 0) is 10.9 Å². The van der Waals surface area contributed by atoms with E-state index >= 15 is 0 Å². The molecule has 4 rings (SSSR count). The summed E-state index contributed by atoms with van der Waals surface area (Å²) in [5.74, 6) is 0.281. The predicted molar refractivity (Wildman–Crippen MR) is 126 cm³/mol. The van der Waals surface area contributed by atoms with Crippen LogP contribution in [0.1, 0.15) is 26.3 Å². The minimum absolute atomic E-state index is 0.128. The van der Waals surface area contributed by atoms with E-state index in [1.54, 1.807) is 44.1 Å². The molecule has 0 unspecified atom stereocenters. The number of alkyl halides is 3. The van der Waals surface area contributed by atoms with E-state index in [2.05, 4.69) is 15.3 Å². The number of pyridine rings is 2. The lowest BCUT2D eigenvalue weighted by Gasteiger charge is -2.24. The lowest BCUT2D eigenvalue weighted by atomic mass is 10.0. The van der Waals surface area contributed by atoms with Gasteiger partial charge in [-0.05, 0) is 50.6 Å². The molecule has 1 aromatic carbocycles. The van der Waals surface area contributed by atoms with E-state index in [1.807, 2.05) is 6.07 Å². The molecule has 1 aliphatic rings. The second-order valence-corrected chi connectivity index (χ2v) is 9.57. The maximum absolute atomic E-state index is 13.0. The fourth-order valence-electron chi connectivity index (χ4n) is 4.11. The number of nitrogens with zero attached hydrogens (tertiary/aromatic N) is 3. The van der Waals surface area contributed by atoms with Gasteiger partial charge < -0.3 is 20.1 Å². The van der Waals surface area contributed by atoms with Crippen LogP contribution in [0.15, 0.2) is 48.8 Å². The number of rotatable bonds is 4. The topological polar surface area (TPSA) is 87.6 Å². The van der Waals surface area contributed by atoms with E-state index in [9.17, 15) is 23.1 Å². The Hall–Kier alpha value is -3.40. The van der Waals surface area contributed by atoms with Gasteiger partial charge in [-0.3, -0.25) is 4.98 Å². The number of halogens is 3. The summed E-state index contributed by atoms with van der Waals surface area (Å²) in [4.78, 5) is 23.1. The molecular weight excluding hydrogens is 461 g/mol. The average molecular weight is 489 g/mol. The highest BCUT2D eigenvalue weighted by atomic mass is 19.4. The van der Waals surface area contributed by atoms with Gasteiger partial charge in [0.25, 0.3) is 0 Å². The number of fused-ring (bicyclic) bond motifs is 1. The molecule has 7 nitrogen and oxygen atoms in total. The zero-order valence-corrected chi connectivity index (χ0v) is 19.6. The standard InChI is InChI=1S/C25H27F3N4O3/c1-24(2,3)35-23(34)32-12-16(14-33)20(13-32)31-22-18-5-4-10-29-21(18)19(11-30-22)15-6-8-17(9-7-15)25(26,27)28/h4-11,16,20,33H,12-14H2,1-3H3,(H,30,31)/t16-,20+/m0/s1. The molecule has 3 aromatic rings. The number of hydrogen-bond donors (Lipinski definition) is 2. The Morgan fingerprint density at radius 1 is 1.14 bits per heavy atom. The highest BCUT2D eigenvalue weighted by molar-refractivity contribution is 5.99. The Balaban J connectivity index is 1.61. The first-order valence-electron chi connectivity index (χ1n) is 11.2. The van der Waals surface area contributed by atoms with Crippen LogP contribution < -0.4 is 5.32 Å². The minimum Gasteiger partial charge on any atom is -0.444 e. The van der Waals surface area contributed by atoms with Crippen molar-refractivity contribution in [2.45, 2.75) is 38.6 Å². The Morgan fingerprint density at radius 2 is 1.86 bits per heavy atom. The Kier molecular flexibility index (Phi) is 6.59. The number of benzene rings is 1. The molecule has 0 saturated carbocycles. The van der Waals surface area contributed by atoms with Crippen molar-refractivity contribution in [1.82, 2.24) is 14.9 Å². The lowest BCUT2D eigenvalue weighted by molar-refractivity contribution is -0.137. The lowest BCUT2D eigenvalue weighted by Crippen LogP contribution is -2.36. The first kappa shape index (κ1) is 24.7. The number of aromatic nitrogens is 2. The van der Waals surface area contributed by atoms with Crippen LogP contribution in [0.25, 0.3) is 22.0 Å². The molecule has 186 valence electrons. The molecule has 0 bridgehead atoms. The second-order valence-electron chi connectivity index (χ2n) is 9.57. The van der Waals surface area contributed by atoms with Gasteiger partial charge in [0.1, 0.15) is 11.4 Å². The number of aliphatic hydroxyl groups excluding tert-OH is 1. The maximum atomic E-state index is 13.0. The number of nitrogens with one attached hydrogen (secondary N) is 1. The van der Waals surface area contributed by atoms with Crippen LogP contribution in [0.2, 0.25) is 0 Å². The van der Waals surface area contributed by atoms with Crippen molar-refractivity contribution in [2.75, 3.05) is 25.0 Å². The van der Waals surface area contributed by atoms with Gasteiger partial charge in [-0.15, -0.1) is 0 Å². The normalized spacial score (nSPS) is 18.7. The molecular formula is C25H27F3N4O3. The van der Waals surface area contributed by atoms with E-state index in [0.717, 1.165) is 12.1 Å². The quantitative estimate of drug-likeness (QED) is 0.540. The van der Waals surface area contributed by atoms with Gasteiger partial charge in [0.05, 0.1) is 17.1 Å². The van der Waals surface area contributed by atoms with Crippen molar-refractivity contribution >= 4 is 22.8 Å². The minimum atomic E-state index is -4.41. The third kappa shape index (κ3) is 5.48. The second kappa shape index (κ2) is 9.33. The van der Waals surface area contributed by atoms with Gasteiger partial charge in [-0.25, -0.2) is 9.78 Å². The van der Waals surface area contributed by atoms with Crippen LogP contribution in [0, 0.1) is 5.92 Å². The first-order chi connectivity index (χ1) is 16.5. The first-order valence-corrected chi connectivity index (χ1v) is 11.2. The van der Waals surface area contributed by atoms with Gasteiger partial charge in [0.15, 0.2) is 0 Å². The zero-order chi connectivity index (χ0) is 25.4. The number of amides is 1. The van der Waals surface area contributed by atoms with Gasteiger partial charge in [-0.2, -0.15) is 13.2 Å². The third-order valence-corrected chi connectivity index (χ3v) is 5.81. The summed E-state index contributed by atoms with van der Waals surface area (Å²) in [6, 6.07) is 8.16. The summed E-state index contributed by atoms with van der Waals surface area (Å²) < 4.78 is 44.3. The van der Waals surface area contributed by atoms with Gasteiger partial charge in [0, 0.05) is 49.0 Å². The van der Waals surface area contributed by atoms with E-state index < -0.39 is 23.4 Å². The molecule has 0 radical (unpaired) electrons. The molecule has 2 N–H and O–H groups in total. The number of carbonyl (C=O) groups excluding carboxylic acids is 1. The molecule has 1 amide bonds. The summed E-state index contributed by atoms with van der Waals surface area (Å²) in [5.41, 5.74) is 0.378. The monoisotopic (exact) mass is 488 g/mol. The molecule has 1 aliphatic heterocycles. The molecule has 0 aliphatic carbocycles. The Labute approximate surface area is 200 Å². The van der Waals surface area contributed by atoms with E-state index in [0.29, 0.717) is 40.9 Å². The number of likely N-dealkylation sites (tertiary alicyclic amines) is 1. The molecule has 35 heavy (non-hydrogen) atoms. The van der Waals surface area contributed by atoms with Crippen molar-refractivity contribution in [3.05, 3.63) is 54.4 Å². The molecule has 1 saturated heterocycles. The Morgan fingerprint density at radius 3 is 2.49 bits per heavy atom. The van der Waals surface area contributed by atoms with Crippen molar-refractivity contribution in [3.8, 4) is 11.1 Å². The fourth-order valence-corrected chi connectivity index (χ4v) is 4.11.